The van der Waals surface area contributed by atoms with Gasteiger partial charge in [-0.2, -0.15) is 0 Å². The maximum Gasteiger partial charge on any atom is 0.130 e. The Balaban J connectivity index is 2.33. The van der Waals surface area contributed by atoms with Crippen LogP contribution in [0.1, 0.15) is 19.5 Å². The number of para-hydroxylation sites is 1. The van der Waals surface area contributed by atoms with Crippen molar-refractivity contribution in [2.24, 2.45) is 0 Å². The second-order valence-corrected chi connectivity index (χ2v) is 6.15. The molecule has 2 aromatic rings. The Morgan fingerprint density at radius 2 is 1.95 bits per heavy atom. The van der Waals surface area contributed by atoms with Crippen LogP contribution in [0.3, 0.4) is 0 Å². The summed E-state index contributed by atoms with van der Waals surface area (Å²) < 4.78 is 6.12. The van der Waals surface area contributed by atoms with E-state index in [1.54, 1.807) is 0 Å². The molecule has 21 heavy (non-hydrogen) atoms. The second kappa shape index (κ2) is 6.41. The summed E-state index contributed by atoms with van der Waals surface area (Å²) in [4.78, 5) is 6.82. The van der Waals surface area contributed by atoms with Gasteiger partial charge < -0.3 is 15.0 Å². The molecule has 2 rings (SSSR count). The molecule has 0 amide bonds. The Hall–Kier alpha value is -1.65. The number of nitrogens with zero attached hydrogens (tertiary/aromatic N) is 2. The van der Waals surface area contributed by atoms with Crippen LogP contribution in [-0.2, 0) is 6.54 Å². The van der Waals surface area contributed by atoms with Crippen molar-refractivity contribution in [3.8, 4) is 5.75 Å². The van der Waals surface area contributed by atoms with Crippen molar-refractivity contribution in [1.29, 1.82) is 0 Å². The third kappa shape index (κ3) is 3.71. The van der Waals surface area contributed by atoms with Crippen LogP contribution < -0.4 is 10.1 Å². The van der Waals surface area contributed by atoms with Gasteiger partial charge in [0.15, 0.2) is 0 Å². The fraction of sp³-hybridized carbons (Fsp3) is 0.471. The summed E-state index contributed by atoms with van der Waals surface area (Å²) in [6.07, 6.45) is 0. The van der Waals surface area contributed by atoms with Crippen molar-refractivity contribution >= 4 is 10.9 Å². The summed E-state index contributed by atoms with van der Waals surface area (Å²) in [5.41, 5.74) is 1.95. The van der Waals surface area contributed by atoms with Crippen LogP contribution in [-0.4, -0.2) is 43.2 Å². The normalized spacial score (nSPS) is 12.1. The monoisotopic (exact) mass is 287 g/mol. The number of fused-ring (bicyclic) bond motifs is 1. The molecule has 114 valence electrons. The smallest absolute Gasteiger partial charge is 0.130 e. The van der Waals surface area contributed by atoms with Gasteiger partial charge in [-0.3, -0.25) is 4.98 Å². The summed E-state index contributed by atoms with van der Waals surface area (Å²) in [6.45, 7) is 5.71. The quantitative estimate of drug-likeness (QED) is 0.886. The number of benzene rings is 1. The van der Waals surface area contributed by atoms with Gasteiger partial charge in [-0.1, -0.05) is 12.1 Å². The van der Waals surface area contributed by atoms with Crippen LogP contribution in [0, 0.1) is 0 Å². The van der Waals surface area contributed by atoms with Crippen molar-refractivity contribution in [3.05, 3.63) is 36.0 Å². The van der Waals surface area contributed by atoms with Gasteiger partial charge in [-0.05, 0) is 47.1 Å². The zero-order valence-corrected chi connectivity index (χ0v) is 13.6. The van der Waals surface area contributed by atoms with Gasteiger partial charge in [0.05, 0.1) is 11.2 Å². The minimum absolute atomic E-state index is 0.0203. The maximum atomic E-state index is 6.12. The Kier molecular flexibility index (Phi) is 4.80. The van der Waals surface area contributed by atoms with Crippen molar-refractivity contribution < 1.29 is 4.74 Å². The van der Waals surface area contributed by atoms with Gasteiger partial charge >= 0.3 is 0 Å². The number of likely N-dealkylation sites (N-methyl/N-ethyl adjacent to an activating group) is 1. The number of ether oxygens (including phenoxy) is 1. The molecule has 0 spiro atoms. The molecule has 1 heterocycles. The molecular weight excluding hydrogens is 262 g/mol. The van der Waals surface area contributed by atoms with Crippen LogP contribution in [0.15, 0.2) is 30.3 Å². The standard InChI is InChI=1S/C17H25N3O/c1-17(2,20(4)5)12-21-16-10-13(11-18-3)19-15-9-7-6-8-14(15)16/h6-10,18H,11-12H2,1-5H3. The van der Waals surface area contributed by atoms with Crippen LogP contribution in [0.5, 0.6) is 5.75 Å². The van der Waals surface area contributed by atoms with Gasteiger partial charge in [0, 0.05) is 23.5 Å². The number of hydrogen-bond donors (Lipinski definition) is 1. The lowest BCUT2D eigenvalue weighted by Crippen LogP contribution is -2.43. The predicted molar refractivity (Wildman–Crippen MR) is 87.8 cm³/mol. The molecule has 0 saturated heterocycles. The van der Waals surface area contributed by atoms with Gasteiger partial charge in [-0.15, -0.1) is 0 Å². The number of aromatic nitrogens is 1. The van der Waals surface area contributed by atoms with Gasteiger partial charge in [0.25, 0.3) is 0 Å². The van der Waals surface area contributed by atoms with Crippen LogP contribution in [0.4, 0.5) is 0 Å². The fourth-order valence-electron chi connectivity index (χ4n) is 1.97. The summed E-state index contributed by atoms with van der Waals surface area (Å²) in [5.74, 6) is 0.903. The lowest BCUT2D eigenvalue weighted by atomic mass is 10.1. The van der Waals surface area contributed by atoms with Crippen LogP contribution in [0.2, 0.25) is 0 Å². The predicted octanol–water partition coefficient (Wildman–Crippen LogP) is 2.67. The molecule has 0 bridgehead atoms. The first-order valence-corrected chi connectivity index (χ1v) is 7.27. The molecule has 0 aliphatic rings. The minimum Gasteiger partial charge on any atom is -0.491 e. The molecule has 0 radical (unpaired) electrons. The van der Waals surface area contributed by atoms with Gasteiger partial charge in [0.2, 0.25) is 0 Å². The number of pyridine rings is 1. The van der Waals surface area contributed by atoms with E-state index in [-0.39, 0.29) is 5.54 Å². The van der Waals surface area contributed by atoms with E-state index in [9.17, 15) is 0 Å². The Morgan fingerprint density at radius 3 is 2.62 bits per heavy atom. The van der Waals surface area contributed by atoms with E-state index < -0.39 is 0 Å². The Bertz CT molecular complexity index is 608. The molecule has 0 fully saturated rings. The lowest BCUT2D eigenvalue weighted by Gasteiger charge is -2.32. The zero-order valence-electron chi connectivity index (χ0n) is 13.6. The first kappa shape index (κ1) is 15.7. The third-order valence-electron chi connectivity index (χ3n) is 3.88. The lowest BCUT2D eigenvalue weighted by molar-refractivity contribution is 0.115. The molecule has 1 N–H and O–H groups in total. The van der Waals surface area contributed by atoms with Crippen molar-refractivity contribution in [1.82, 2.24) is 15.2 Å². The molecule has 0 saturated carbocycles. The van der Waals surface area contributed by atoms with E-state index in [1.807, 2.05) is 31.3 Å². The fourth-order valence-corrected chi connectivity index (χ4v) is 1.97. The van der Waals surface area contributed by atoms with E-state index in [0.717, 1.165) is 28.9 Å². The topological polar surface area (TPSA) is 37.4 Å². The number of hydrogen-bond acceptors (Lipinski definition) is 4. The summed E-state index contributed by atoms with van der Waals surface area (Å²) in [5, 5.41) is 4.20. The molecule has 4 heteroatoms. The second-order valence-electron chi connectivity index (χ2n) is 6.15. The number of rotatable bonds is 6. The largest absolute Gasteiger partial charge is 0.491 e. The zero-order chi connectivity index (χ0) is 15.5. The molecule has 0 unspecified atom stereocenters. The molecule has 0 aliphatic heterocycles. The highest BCUT2D eigenvalue weighted by molar-refractivity contribution is 5.85. The highest BCUT2D eigenvalue weighted by Gasteiger charge is 2.22. The first-order valence-electron chi connectivity index (χ1n) is 7.27. The van der Waals surface area contributed by atoms with Crippen LogP contribution in [0.25, 0.3) is 10.9 Å². The molecule has 1 aromatic heterocycles. The van der Waals surface area contributed by atoms with E-state index >= 15 is 0 Å². The van der Waals surface area contributed by atoms with Gasteiger partial charge in [-0.25, -0.2) is 0 Å². The van der Waals surface area contributed by atoms with E-state index in [0.29, 0.717) is 6.61 Å². The van der Waals surface area contributed by atoms with E-state index in [4.69, 9.17) is 4.74 Å². The SMILES string of the molecule is CNCc1cc(OCC(C)(C)N(C)C)c2ccccc2n1. The maximum absolute atomic E-state index is 6.12. The molecular formula is C17H25N3O. The van der Waals surface area contributed by atoms with Crippen molar-refractivity contribution in [3.63, 3.8) is 0 Å². The van der Waals surface area contributed by atoms with E-state index in [2.05, 4.69) is 49.2 Å². The summed E-state index contributed by atoms with van der Waals surface area (Å²) in [7, 11) is 6.06. The molecule has 0 aliphatic carbocycles. The first-order chi connectivity index (χ1) is 9.94. The van der Waals surface area contributed by atoms with Crippen molar-refractivity contribution in [2.45, 2.75) is 25.9 Å². The van der Waals surface area contributed by atoms with Crippen molar-refractivity contribution in [2.75, 3.05) is 27.7 Å². The molecule has 0 atom stereocenters. The highest BCUT2D eigenvalue weighted by atomic mass is 16.5. The average molecular weight is 287 g/mol. The van der Waals surface area contributed by atoms with Gasteiger partial charge in [0.1, 0.15) is 12.4 Å². The molecule has 1 aromatic carbocycles. The third-order valence-corrected chi connectivity index (χ3v) is 3.88. The van der Waals surface area contributed by atoms with E-state index in [1.165, 1.54) is 0 Å². The average Bonchev–Trinajstić information content (AvgIpc) is 2.45. The summed E-state index contributed by atoms with van der Waals surface area (Å²) in [6, 6.07) is 10.1. The Labute approximate surface area is 127 Å². The minimum atomic E-state index is -0.0203. The molecule has 4 nitrogen and oxygen atoms in total. The Morgan fingerprint density at radius 1 is 1.24 bits per heavy atom. The highest BCUT2D eigenvalue weighted by Crippen LogP contribution is 2.26. The summed E-state index contributed by atoms with van der Waals surface area (Å²) >= 11 is 0. The number of nitrogens with one attached hydrogen (secondary N) is 1. The van der Waals surface area contributed by atoms with Crippen LogP contribution >= 0.6 is 0 Å².